The Hall–Kier alpha value is -2.91. The lowest BCUT2D eigenvalue weighted by Gasteiger charge is -2.25. The van der Waals surface area contributed by atoms with Gasteiger partial charge in [0.05, 0.1) is 30.1 Å². The predicted octanol–water partition coefficient (Wildman–Crippen LogP) is 3.90. The summed E-state index contributed by atoms with van der Waals surface area (Å²) in [6.07, 6.45) is 12.9. The van der Waals surface area contributed by atoms with Crippen LogP contribution < -0.4 is 10.1 Å². The number of carbonyl (C=O) groups is 1. The van der Waals surface area contributed by atoms with Crippen molar-refractivity contribution >= 4 is 11.7 Å². The summed E-state index contributed by atoms with van der Waals surface area (Å²) in [5.41, 5.74) is 1.85. The maximum Gasteiger partial charge on any atom is 0.257 e. The van der Waals surface area contributed by atoms with Gasteiger partial charge in [-0.25, -0.2) is 4.98 Å². The van der Waals surface area contributed by atoms with Crippen LogP contribution in [-0.4, -0.2) is 35.7 Å². The van der Waals surface area contributed by atoms with Crippen molar-refractivity contribution in [2.45, 2.75) is 51.0 Å². The van der Waals surface area contributed by atoms with E-state index < -0.39 is 0 Å². The Morgan fingerprint density at radius 3 is 2.66 bits per heavy atom. The summed E-state index contributed by atoms with van der Waals surface area (Å²) < 4.78 is 11.2. The molecule has 1 aliphatic carbocycles. The van der Waals surface area contributed by atoms with Gasteiger partial charge in [0.15, 0.2) is 5.82 Å². The Balaban J connectivity index is 1.94. The Morgan fingerprint density at radius 2 is 2.03 bits per heavy atom. The molecule has 1 amide bonds. The highest BCUT2D eigenvalue weighted by Crippen LogP contribution is 2.42. The number of nitrogens with zero attached hydrogens (tertiary/aromatic N) is 2. The van der Waals surface area contributed by atoms with Crippen molar-refractivity contribution in [1.82, 2.24) is 9.97 Å². The number of methoxy groups -OCH3 is 1. The third-order valence-electron chi connectivity index (χ3n) is 5.22. The van der Waals surface area contributed by atoms with Crippen LogP contribution in [0.1, 0.15) is 54.2 Å². The number of hydrogen-bond acceptors (Lipinski definition) is 5. The van der Waals surface area contributed by atoms with Gasteiger partial charge in [-0.15, -0.1) is 6.42 Å². The zero-order valence-corrected chi connectivity index (χ0v) is 17.2. The number of anilines is 1. The Bertz CT molecular complexity index is 897. The second-order valence-electron chi connectivity index (χ2n) is 7.56. The Morgan fingerprint density at radius 1 is 1.28 bits per heavy atom. The number of aromatic nitrogens is 2. The number of rotatable bonds is 7. The quantitative estimate of drug-likeness (QED) is 0.723. The summed E-state index contributed by atoms with van der Waals surface area (Å²) in [4.78, 5) is 21.3. The van der Waals surface area contributed by atoms with Gasteiger partial charge in [0.25, 0.3) is 5.91 Å². The topological polar surface area (TPSA) is 73.3 Å². The molecule has 1 fully saturated rings. The lowest BCUT2D eigenvalue weighted by molar-refractivity contribution is 0.0916. The number of aryl methyl sites for hydroxylation is 1. The first-order valence-electron chi connectivity index (χ1n) is 9.85. The highest BCUT2D eigenvalue weighted by Gasteiger charge is 2.34. The summed E-state index contributed by atoms with van der Waals surface area (Å²) in [7, 11) is 1.63. The zero-order valence-electron chi connectivity index (χ0n) is 17.2. The van der Waals surface area contributed by atoms with Crippen molar-refractivity contribution in [1.29, 1.82) is 0 Å². The molecule has 6 nitrogen and oxygen atoms in total. The minimum Gasteiger partial charge on any atom is -0.488 e. The van der Waals surface area contributed by atoms with E-state index in [0.717, 1.165) is 36.9 Å². The molecule has 2 aromatic rings. The highest BCUT2D eigenvalue weighted by molar-refractivity contribution is 6.04. The number of benzene rings is 1. The van der Waals surface area contributed by atoms with E-state index in [4.69, 9.17) is 15.9 Å². The van der Waals surface area contributed by atoms with E-state index in [9.17, 15) is 4.79 Å². The molecule has 0 saturated heterocycles. The lowest BCUT2D eigenvalue weighted by Crippen LogP contribution is -2.23. The summed E-state index contributed by atoms with van der Waals surface area (Å²) in [6, 6.07) is 5.56. The molecule has 1 aliphatic rings. The lowest BCUT2D eigenvalue weighted by atomic mass is 9.79. The summed E-state index contributed by atoms with van der Waals surface area (Å²) in [5.74, 6) is 3.71. The van der Waals surface area contributed by atoms with E-state index in [1.807, 2.05) is 26.0 Å². The number of hydrogen-bond donors (Lipinski definition) is 1. The molecule has 1 aromatic carbocycles. The van der Waals surface area contributed by atoms with Crippen molar-refractivity contribution in [2.75, 3.05) is 19.0 Å². The molecule has 0 spiro atoms. The first-order chi connectivity index (χ1) is 14.0. The SMILES string of the molecule is C#CC1(c2cc(O[C@@H](C)COC)cc(C(=O)Nc3cnc(C)cn3)c2)CCCC1. The molecule has 152 valence electrons. The van der Waals surface area contributed by atoms with Crippen LogP contribution in [0.25, 0.3) is 0 Å². The first kappa shape index (κ1) is 20.8. The monoisotopic (exact) mass is 393 g/mol. The standard InChI is InChI=1S/C23H27N3O3/c1-5-23(8-6-7-9-23)19-10-18(11-20(12-19)29-17(3)15-28-4)22(27)26-21-14-24-16(2)13-25-21/h1,10-14,17H,6-9,15H2,2-4H3,(H,25,26,27)/t17-/m0/s1. The molecule has 6 heteroatoms. The van der Waals surface area contributed by atoms with Gasteiger partial charge in [-0.2, -0.15) is 0 Å². The van der Waals surface area contributed by atoms with Gasteiger partial charge in [-0.05, 0) is 50.5 Å². The molecule has 1 saturated carbocycles. The van der Waals surface area contributed by atoms with Crippen LogP contribution in [0.15, 0.2) is 30.6 Å². The van der Waals surface area contributed by atoms with Gasteiger partial charge in [-0.1, -0.05) is 18.8 Å². The molecule has 0 bridgehead atoms. The minimum absolute atomic E-state index is 0.153. The van der Waals surface area contributed by atoms with Crippen molar-refractivity contribution in [3.63, 3.8) is 0 Å². The van der Waals surface area contributed by atoms with E-state index >= 15 is 0 Å². The normalized spacial score (nSPS) is 16.1. The molecule has 1 heterocycles. The summed E-state index contributed by atoms with van der Waals surface area (Å²) in [6.45, 7) is 4.21. The van der Waals surface area contributed by atoms with Gasteiger partial charge < -0.3 is 14.8 Å². The molecule has 0 radical (unpaired) electrons. The fourth-order valence-corrected chi connectivity index (χ4v) is 3.72. The average Bonchev–Trinajstić information content (AvgIpc) is 3.20. The largest absolute Gasteiger partial charge is 0.488 e. The van der Waals surface area contributed by atoms with Crippen molar-refractivity contribution in [3.8, 4) is 18.1 Å². The Labute approximate surface area is 172 Å². The number of ether oxygens (including phenoxy) is 2. The highest BCUT2D eigenvalue weighted by atomic mass is 16.5. The minimum atomic E-state index is -0.359. The van der Waals surface area contributed by atoms with Crippen LogP contribution in [0.5, 0.6) is 5.75 Å². The van der Waals surface area contributed by atoms with E-state index in [-0.39, 0.29) is 17.4 Å². The fraction of sp³-hybridized carbons (Fsp3) is 0.435. The van der Waals surface area contributed by atoms with E-state index in [1.165, 1.54) is 6.20 Å². The Kier molecular flexibility index (Phi) is 6.50. The van der Waals surface area contributed by atoms with Crippen molar-refractivity contribution < 1.29 is 14.3 Å². The molecule has 1 atom stereocenters. The molecule has 1 N–H and O–H groups in total. The fourth-order valence-electron chi connectivity index (χ4n) is 3.72. The molecule has 0 unspecified atom stereocenters. The van der Waals surface area contributed by atoms with E-state index in [0.29, 0.717) is 23.7 Å². The number of amides is 1. The van der Waals surface area contributed by atoms with Crippen molar-refractivity contribution in [3.05, 3.63) is 47.4 Å². The molecule has 1 aromatic heterocycles. The number of carbonyl (C=O) groups excluding carboxylic acids is 1. The van der Waals surface area contributed by atoms with Gasteiger partial charge in [0.1, 0.15) is 11.9 Å². The van der Waals surface area contributed by atoms with Crippen molar-refractivity contribution in [2.24, 2.45) is 0 Å². The van der Waals surface area contributed by atoms with Gasteiger partial charge in [0.2, 0.25) is 0 Å². The van der Waals surface area contributed by atoms with Crippen LogP contribution in [0.4, 0.5) is 5.82 Å². The number of nitrogens with one attached hydrogen (secondary N) is 1. The summed E-state index contributed by atoms with van der Waals surface area (Å²) in [5, 5.41) is 2.80. The van der Waals surface area contributed by atoms with Crippen LogP contribution in [-0.2, 0) is 10.2 Å². The predicted molar refractivity (Wildman–Crippen MR) is 112 cm³/mol. The third-order valence-corrected chi connectivity index (χ3v) is 5.22. The maximum absolute atomic E-state index is 12.9. The van der Waals surface area contributed by atoms with Gasteiger partial charge >= 0.3 is 0 Å². The van der Waals surface area contributed by atoms with Gasteiger partial charge in [-0.3, -0.25) is 9.78 Å². The molecule has 29 heavy (non-hydrogen) atoms. The van der Waals surface area contributed by atoms with E-state index in [2.05, 4.69) is 21.2 Å². The number of terminal acetylenes is 1. The second-order valence-corrected chi connectivity index (χ2v) is 7.56. The average molecular weight is 393 g/mol. The molecule has 0 aliphatic heterocycles. The second kappa shape index (κ2) is 9.06. The smallest absolute Gasteiger partial charge is 0.257 e. The summed E-state index contributed by atoms with van der Waals surface area (Å²) >= 11 is 0. The molecule has 3 rings (SSSR count). The molecular formula is C23H27N3O3. The zero-order chi connectivity index (χ0) is 20.9. The maximum atomic E-state index is 12.9. The van der Waals surface area contributed by atoms with Crippen LogP contribution in [0.3, 0.4) is 0 Å². The molecular weight excluding hydrogens is 366 g/mol. The first-order valence-corrected chi connectivity index (χ1v) is 9.85. The van der Waals surface area contributed by atoms with Gasteiger partial charge in [0, 0.05) is 12.7 Å². The van der Waals surface area contributed by atoms with E-state index in [1.54, 1.807) is 19.4 Å². The third kappa shape index (κ3) is 4.93. The van der Waals surface area contributed by atoms with Crippen LogP contribution >= 0.6 is 0 Å². The van der Waals surface area contributed by atoms with Crippen LogP contribution in [0.2, 0.25) is 0 Å². The van der Waals surface area contributed by atoms with Crippen LogP contribution in [0, 0.1) is 19.3 Å².